The highest BCUT2D eigenvalue weighted by molar-refractivity contribution is 5.88. The van der Waals surface area contributed by atoms with Gasteiger partial charge < -0.3 is 9.64 Å². The molecule has 0 saturated heterocycles. The first-order chi connectivity index (χ1) is 12.7. The summed E-state index contributed by atoms with van der Waals surface area (Å²) in [5, 5.41) is 2.05. The average molecular weight is 349 g/mol. The Balaban J connectivity index is 1.48. The first-order valence-corrected chi connectivity index (χ1v) is 8.86. The topological polar surface area (TPSA) is 29.5 Å². The summed E-state index contributed by atoms with van der Waals surface area (Å²) in [6.45, 7) is 0.244. The molecule has 0 N–H and O–H groups in total. The van der Waals surface area contributed by atoms with Crippen molar-refractivity contribution in [2.45, 2.75) is 25.4 Å². The van der Waals surface area contributed by atoms with Gasteiger partial charge in [-0.2, -0.15) is 0 Å². The molecule has 4 rings (SSSR count). The summed E-state index contributed by atoms with van der Waals surface area (Å²) in [4.78, 5) is 14.5. The van der Waals surface area contributed by atoms with Gasteiger partial charge in [-0.05, 0) is 30.4 Å². The molecule has 1 amide bonds. The van der Waals surface area contributed by atoms with E-state index in [9.17, 15) is 9.18 Å². The first kappa shape index (κ1) is 16.6. The summed E-state index contributed by atoms with van der Waals surface area (Å²) in [6.07, 6.45) is 1.93. The maximum absolute atomic E-state index is 14.0. The van der Waals surface area contributed by atoms with Crippen molar-refractivity contribution in [1.29, 1.82) is 0 Å². The summed E-state index contributed by atoms with van der Waals surface area (Å²) in [6, 6.07) is 20.5. The molecule has 0 spiro atoms. The van der Waals surface area contributed by atoms with E-state index in [1.807, 2.05) is 42.5 Å². The molecule has 0 atom stereocenters. The van der Waals surface area contributed by atoms with Crippen LogP contribution in [0.25, 0.3) is 10.8 Å². The van der Waals surface area contributed by atoms with Crippen LogP contribution in [-0.2, 0) is 11.3 Å². The Labute approximate surface area is 152 Å². The van der Waals surface area contributed by atoms with Gasteiger partial charge in [0.1, 0.15) is 11.6 Å². The molecular formula is C22H20FNO2. The zero-order valence-electron chi connectivity index (χ0n) is 14.4. The first-order valence-electron chi connectivity index (χ1n) is 8.86. The van der Waals surface area contributed by atoms with Gasteiger partial charge in [0.2, 0.25) is 0 Å². The van der Waals surface area contributed by atoms with Crippen molar-refractivity contribution in [3.05, 3.63) is 78.1 Å². The highest BCUT2D eigenvalue weighted by Gasteiger charge is 2.33. The Kier molecular flexibility index (Phi) is 4.57. The lowest BCUT2D eigenvalue weighted by molar-refractivity contribution is -0.134. The van der Waals surface area contributed by atoms with Gasteiger partial charge in [-0.3, -0.25) is 4.79 Å². The quantitative estimate of drug-likeness (QED) is 0.653. The molecule has 0 bridgehead atoms. The Morgan fingerprint density at radius 1 is 1.00 bits per heavy atom. The number of fused-ring (bicyclic) bond motifs is 1. The van der Waals surface area contributed by atoms with Crippen molar-refractivity contribution in [2.24, 2.45) is 0 Å². The van der Waals surface area contributed by atoms with Gasteiger partial charge >= 0.3 is 0 Å². The fraction of sp³-hybridized carbons (Fsp3) is 0.227. The van der Waals surface area contributed by atoms with Crippen LogP contribution in [0.3, 0.4) is 0 Å². The minimum Gasteiger partial charge on any atom is -0.483 e. The molecule has 0 radical (unpaired) electrons. The number of carbonyl (C=O) groups excluding carboxylic acids is 1. The number of benzene rings is 3. The minimum atomic E-state index is -0.277. The Bertz CT molecular complexity index is 931. The predicted octanol–water partition coefficient (Wildman–Crippen LogP) is 4.55. The zero-order valence-corrected chi connectivity index (χ0v) is 14.4. The molecule has 0 aliphatic heterocycles. The van der Waals surface area contributed by atoms with Crippen molar-refractivity contribution >= 4 is 16.7 Å². The molecule has 26 heavy (non-hydrogen) atoms. The molecule has 0 heterocycles. The lowest BCUT2D eigenvalue weighted by atomic mass is 10.1. The highest BCUT2D eigenvalue weighted by atomic mass is 19.1. The number of ether oxygens (including phenoxy) is 1. The Morgan fingerprint density at radius 2 is 1.73 bits per heavy atom. The molecule has 132 valence electrons. The van der Waals surface area contributed by atoms with Gasteiger partial charge in [0.05, 0.1) is 0 Å². The van der Waals surface area contributed by atoms with Crippen molar-refractivity contribution in [1.82, 2.24) is 4.90 Å². The van der Waals surface area contributed by atoms with E-state index in [1.54, 1.807) is 23.1 Å². The molecule has 3 aromatic carbocycles. The molecule has 1 saturated carbocycles. The van der Waals surface area contributed by atoms with Crippen molar-refractivity contribution in [3.8, 4) is 5.75 Å². The second-order valence-corrected chi connectivity index (χ2v) is 6.61. The Hall–Kier alpha value is -2.88. The zero-order chi connectivity index (χ0) is 17.9. The third-order valence-electron chi connectivity index (χ3n) is 4.71. The maximum Gasteiger partial charge on any atom is 0.261 e. The monoisotopic (exact) mass is 349 g/mol. The summed E-state index contributed by atoms with van der Waals surface area (Å²) in [7, 11) is 0. The average Bonchev–Trinajstić information content (AvgIpc) is 3.50. The van der Waals surface area contributed by atoms with Crippen LogP contribution < -0.4 is 4.74 Å². The van der Waals surface area contributed by atoms with Gasteiger partial charge in [-0.15, -0.1) is 0 Å². The second kappa shape index (κ2) is 7.16. The second-order valence-electron chi connectivity index (χ2n) is 6.61. The van der Waals surface area contributed by atoms with E-state index in [-0.39, 0.29) is 30.9 Å². The van der Waals surface area contributed by atoms with Crippen LogP contribution in [0, 0.1) is 5.82 Å². The summed E-state index contributed by atoms with van der Waals surface area (Å²) >= 11 is 0. The number of amides is 1. The largest absolute Gasteiger partial charge is 0.483 e. The Morgan fingerprint density at radius 3 is 2.54 bits per heavy atom. The van der Waals surface area contributed by atoms with Crippen LogP contribution in [0.15, 0.2) is 66.7 Å². The van der Waals surface area contributed by atoms with Gasteiger partial charge in [-0.1, -0.05) is 54.6 Å². The van der Waals surface area contributed by atoms with Crippen molar-refractivity contribution < 1.29 is 13.9 Å². The molecule has 0 aromatic heterocycles. The summed E-state index contributed by atoms with van der Waals surface area (Å²) < 4.78 is 19.8. The third kappa shape index (κ3) is 3.54. The van der Waals surface area contributed by atoms with Crippen molar-refractivity contribution in [2.75, 3.05) is 6.61 Å². The van der Waals surface area contributed by atoms with Crippen LogP contribution in [-0.4, -0.2) is 23.5 Å². The molecule has 3 nitrogen and oxygen atoms in total. The highest BCUT2D eigenvalue weighted by Crippen LogP contribution is 2.30. The molecule has 1 fully saturated rings. The van der Waals surface area contributed by atoms with E-state index in [2.05, 4.69) is 0 Å². The standard InChI is InChI=1S/C22H20FNO2/c23-20-10-4-2-7-17(20)14-24(18-12-13-18)22(25)15-26-21-11-5-8-16-6-1-3-9-19(16)21/h1-11,18H,12-15H2. The molecule has 1 aliphatic carbocycles. The van der Waals surface area contributed by atoms with Crippen LogP contribution in [0.4, 0.5) is 4.39 Å². The van der Waals surface area contributed by atoms with Crippen LogP contribution in [0.5, 0.6) is 5.75 Å². The van der Waals surface area contributed by atoms with Crippen LogP contribution in [0.2, 0.25) is 0 Å². The van der Waals surface area contributed by atoms with Crippen LogP contribution >= 0.6 is 0 Å². The van der Waals surface area contributed by atoms with E-state index in [0.717, 1.165) is 23.6 Å². The summed E-state index contributed by atoms with van der Waals surface area (Å²) in [5.74, 6) is 0.308. The van der Waals surface area contributed by atoms with Gasteiger partial charge in [0, 0.05) is 23.5 Å². The van der Waals surface area contributed by atoms with Crippen LogP contribution in [0.1, 0.15) is 18.4 Å². The predicted molar refractivity (Wildman–Crippen MR) is 99.4 cm³/mol. The number of halogens is 1. The molecule has 4 heteroatoms. The number of carbonyl (C=O) groups is 1. The summed E-state index contributed by atoms with van der Waals surface area (Å²) in [5.41, 5.74) is 0.540. The van der Waals surface area contributed by atoms with E-state index in [4.69, 9.17) is 4.74 Å². The SMILES string of the molecule is O=C(COc1cccc2ccccc12)N(Cc1ccccc1F)C1CC1. The molecule has 0 unspecified atom stereocenters. The number of hydrogen-bond donors (Lipinski definition) is 0. The van der Waals surface area contributed by atoms with Crippen molar-refractivity contribution in [3.63, 3.8) is 0 Å². The number of nitrogens with zero attached hydrogens (tertiary/aromatic N) is 1. The van der Waals surface area contributed by atoms with E-state index >= 15 is 0 Å². The smallest absolute Gasteiger partial charge is 0.261 e. The lowest BCUT2D eigenvalue weighted by Crippen LogP contribution is -2.36. The van der Waals surface area contributed by atoms with E-state index in [0.29, 0.717) is 11.3 Å². The van der Waals surface area contributed by atoms with E-state index < -0.39 is 0 Å². The minimum absolute atomic E-state index is 0.0427. The molecule has 1 aliphatic rings. The number of rotatable bonds is 6. The third-order valence-corrected chi connectivity index (χ3v) is 4.71. The fourth-order valence-corrected chi connectivity index (χ4v) is 3.16. The van der Waals surface area contributed by atoms with Gasteiger partial charge in [0.25, 0.3) is 5.91 Å². The van der Waals surface area contributed by atoms with Gasteiger partial charge in [-0.25, -0.2) is 4.39 Å². The van der Waals surface area contributed by atoms with E-state index in [1.165, 1.54) is 6.07 Å². The maximum atomic E-state index is 14.0. The van der Waals surface area contributed by atoms with Gasteiger partial charge in [0.15, 0.2) is 6.61 Å². The lowest BCUT2D eigenvalue weighted by Gasteiger charge is -2.23. The number of hydrogen-bond acceptors (Lipinski definition) is 2. The fourth-order valence-electron chi connectivity index (χ4n) is 3.16. The normalized spacial score (nSPS) is 13.6. The molecular weight excluding hydrogens is 329 g/mol. The molecule has 3 aromatic rings.